The summed E-state index contributed by atoms with van der Waals surface area (Å²) < 4.78 is 10.9. The number of rotatable bonds is 5. The van der Waals surface area contributed by atoms with Gasteiger partial charge in [-0.1, -0.05) is 18.2 Å². The largest absolute Gasteiger partial charge is 0.496 e. The standard InChI is InChI=1S/C18H20N2O4/c1-11(21)19-15-10-9-14(13-7-5-6-8-16(13)23-3)18(24-4)17(15)20-12(2)22/h5-10H,1-4H3,(H,19,21)(H,20,22). The minimum Gasteiger partial charge on any atom is -0.496 e. The summed E-state index contributed by atoms with van der Waals surface area (Å²) in [6.07, 6.45) is 0. The lowest BCUT2D eigenvalue weighted by molar-refractivity contribution is -0.115. The first kappa shape index (κ1) is 17.3. The van der Waals surface area contributed by atoms with Crippen LogP contribution in [0.1, 0.15) is 13.8 Å². The Balaban J connectivity index is 2.69. The van der Waals surface area contributed by atoms with Crippen molar-refractivity contribution in [2.45, 2.75) is 13.8 Å². The van der Waals surface area contributed by atoms with E-state index in [1.807, 2.05) is 30.3 Å². The fourth-order valence-corrected chi connectivity index (χ4v) is 2.47. The molecule has 0 aliphatic carbocycles. The Bertz CT molecular complexity index is 772. The molecule has 2 amide bonds. The third-order valence-electron chi connectivity index (χ3n) is 3.37. The second-order valence-corrected chi connectivity index (χ2v) is 5.13. The zero-order valence-corrected chi connectivity index (χ0v) is 14.1. The maximum atomic E-state index is 11.6. The summed E-state index contributed by atoms with van der Waals surface area (Å²) in [5.74, 6) is 0.614. The molecule has 0 aliphatic rings. The Morgan fingerprint density at radius 3 is 2.08 bits per heavy atom. The molecule has 0 atom stereocenters. The van der Waals surface area contributed by atoms with Gasteiger partial charge in [0.1, 0.15) is 11.4 Å². The highest BCUT2D eigenvalue weighted by Gasteiger charge is 2.19. The number of benzene rings is 2. The highest BCUT2D eigenvalue weighted by atomic mass is 16.5. The predicted octanol–water partition coefficient (Wildman–Crippen LogP) is 3.29. The predicted molar refractivity (Wildman–Crippen MR) is 93.6 cm³/mol. The Morgan fingerprint density at radius 2 is 1.50 bits per heavy atom. The molecule has 2 aromatic rings. The normalized spacial score (nSPS) is 10.0. The zero-order valence-electron chi connectivity index (χ0n) is 14.1. The van der Waals surface area contributed by atoms with E-state index in [0.29, 0.717) is 22.9 Å². The molecule has 0 fully saturated rings. The van der Waals surface area contributed by atoms with E-state index in [0.717, 1.165) is 11.1 Å². The third kappa shape index (κ3) is 3.65. The molecule has 24 heavy (non-hydrogen) atoms. The quantitative estimate of drug-likeness (QED) is 0.883. The van der Waals surface area contributed by atoms with Gasteiger partial charge in [0.15, 0.2) is 5.75 Å². The highest BCUT2D eigenvalue weighted by Crippen LogP contribution is 2.44. The van der Waals surface area contributed by atoms with Crippen LogP contribution in [0.5, 0.6) is 11.5 Å². The van der Waals surface area contributed by atoms with Gasteiger partial charge in [-0.2, -0.15) is 0 Å². The van der Waals surface area contributed by atoms with Gasteiger partial charge in [0, 0.05) is 25.0 Å². The van der Waals surface area contributed by atoms with E-state index in [-0.39, 0.29) is 11.8 Å². The molecule has 126 valence electrons. The first-order valence-electron chi connectivity index (χ1n) is 7.37. The monoisotopic (exact) mass is 328 g/mol. The Morgan fingerprint density at radius 1 is 0.833 bits per heavy atom. The summed E-state index contributed by atoms with van der Waals surface area (Å²) in [6.45, 7) is 2.80. The molecule has 6 heteroatoms. The fraction of sp³-hybridized carbons (Fsp3) is 0.222. The van der Waals surface area contributed by atoms with Gasteiger partial charge in [0.05, 0.1) is 19.9 Å². The average molecular weight is 328 g/mol. The van der Waals surface area contributed by atoms with Crippen LogP contribution in [-0.2, 0) is 9.59 Å². The zero-order chi connectivity index (χ0) is 17.7. The van der Waals surface area contributed by atoms with Crippen LogP contribution in [0.3, 0.4) is 0 Å². The molecular formula is C18H20N2O4. The van der Waals surface area contributed by atoms with Crippen molar-refractivity contribution in [3.63, 3.8) is 0 Å². The molecule has 2 rings (SSSR count). The molecule has 2 N–H and O–H groups in total. The van der Waals surface area contributed by atoms with Crippen LogP contribution >= 0.6 is 0 Å². The second-order valence-electron chi connectivity index (χ2n) is 5.13. The topological polar surface area (TPSA) is 76.7 Å². The van der Waals surface area contributed by atoms with E-state index in [2.05, 4.69) is 10.6 Å². The summed E-state index contributed by atoms with van der Waals surface area (Å²) in [7, 11) is 3.10. The first-order valence-corrected chi connectivity index (χ1v) is 7.37. The number of anilines is 2. The molecule has 0 aromatic heterocycles. The maximum absolute atomic E-state index is 11.6. The molecule has 0 bridgehead atoms. The van der Waals surface area contributed by atoms with E-state index in [9.17, 15) is 9.59 Å². The SMILES string of the molecule is COc1ccccc1-c1ccc(NC(C)=O)c(NC(C)=O)c1OC. The van der Waals surface area contributed by atoms with Crippen LogP contribution in [0.2, 0.25) is 0 Å². The third-order valence-corrected chi connectivity index (χ3v) is 3.37. The van der Waals surface area contributed by atoms with E-state index < -0.39 is 0 Å². The van der Waals surface area contributed by atoms with Crippen molar-refractivity contribution in [1.29, 1.82) is 0 Å². The number of carbonyl (C=O) groups excluding carboxylic acids is 2. The second kappa shape index (κ2) is 7.50. The first-order chi connectivity index (χ1) is 11.5. The summed E-state index contributed by atoms with van der Waals surface area (Å²) >= 11 is 0. The van der Waals surface area contributed by atoms with Crippen molar-refractivity contribution in [3.8, 4) is 22.6 Å². The van der Waals surface area contributed by atoms with Crippen LogP contribution in [0.4, 0.5) is 11.4 Å². The van der Waals surface area contributed by atoms with E-state index in [1.54, 1.807) is 13.2 Å². The number of amides is 2. The van der Waals surface area contributed by atoms with Gasteiger partial charge >= 0.3 is 0 Å². The molecule has 0 radical (unpaired) electrons. The van der Waals surface area contributed by atoms with Gasteiger partial charge in [-0.3, -0.25) is 9.59 Å². The Kier molecular flexibility index (Phi) is 5.42. The number of methoxy groups -OCH3 is 2. The summed E-state index contributed by atoms with van der Waals surface area (Å²) in [5.41, 5.74) is 2.43. The number of carbonyl (C=O) groups is 2. The van der Waals surface area contributed by atoms with Crippen LogP contribution < -0.4 is 20.1 Å². The molecule has 0 saturated heterocycles. The Labute approximate surface area is 140 Å². The van der Waals surface area contributed by atoms with Crippen LogP contribution in [0, 0.1) is 0 Å². The Hall–Kier alpha value is -3.02. The minimum absolute atomic E-state index is 0.242. The van der Waals surface area contributed by atoms with Crippen LogP contribution in [-0.4, -0.2) is 26.0 Å². The van der Waals surface area contributed by atoms with Gasteiger partial charge in [0.2, 0.25) is 11.8 Å². The van der Waals surface area contributed by atoms with Crippen molar-refractivity contribution < 1.29 is 19.1 Å². The van der Waals surface area contributed by atoms with Crippen molar-refractivity contribution in [2.75, 3.05) is 24.9 Å². The fourth-order valence-electron chi connectivity index (χ4n) is 2.47. The summed E-state index contributed by atoms with van der Waals surface area (Å²) in [6, 6.07) is 11.0. The van der Waals surface area contributed by atoms with Crippen molar-refractivity contribution in [2.24, 2.45) is 0 Å². The lowest BCUT2D eigenvalue weighted by Crippen LogP contribution is -2.13. The van der Waals surface area contributed by atoms with Crippen molar-refractivity contribution in [1.82, 2.24) is 0 Å². The van der Waals surface area contributed by atoms with Gasteiger partial charge in [-0.25, -0.2) is 0 Å². The van der Waals surface area contributed by atoms with Gasteiger partial charge < -0.3 is 20.1 Å². The molecule has 2 aromatic carbocycles. The highest BCUT2D eigenvalue weighted by molar-refractivity contribution is 6.02. The number of hydrogen-bond donors (Lipinski definition) is 2. The van der Waals surface area contributed by atoms with E-state index >= 15 is 0 Å². The molecule has 0 saturated carbocycles. The summed E-state index contributed by atoms with van der Waals surface area (Å²) in [4.78, 5) is 23.0. The molecule has 0 unspecified atom stereocenters. The van der Waals surface area contributed by atoms with Gasteiger partial charge in [-0.15, -0.1) is 0 Å². The molecule has 0 heterocycles. The minimum atomic E-state index is -0.267. The van der Waals surface area contributed by atoms with Crippen molar-refractivity contribution >= 4 is 23.2 Å². The molecular weight excluding hydrogens is 308 g/mol. The van der Waals surface area contributed by atoms with Crippen molar-refractivity contribution in [3.05, 3.63) is 36.4 Å². The lowest BCUT2D eigenvalue weighted by atomic mass is 10.0. The molecule has 0 aliphatic heterocycles. The van der Waals surface area contributed by atoms with Gasteiger partial charge in [-0.05, 0) is 18.2 Å². The number of nitrogens with one attached hydrogen (secondary N) is 2. The number of ether oxygens (including phenoxy) is 2. The number of hydrogen-bond acceptors (Lipinski definition) is 4. The summed E-state index contributed by atoms with van der Waals surface area (Å²) in [5, 5.41) is 5.42. The lowest BCUT2D eigenvalue weighted by Gasteiger charge is -2.19. The van der Waals surface area contributed by atoms with Crippen LogP contribution in [0.25, 0.3) is 11.1 Å². The molecule has 0 spiro atoms. The number of para-hydroxylation sites is 1. The van der Waals surface area contributed by atoms with Gasteiger partial charge in [0.25, 0.3) is 0 Å². The smallest absolute Gasteiger partial charge is 0.221 e. The molecule has 6 nitrogen and oxygen atoms in total. The van der Waals surface area contributed by atoms with Crippen LogP contribution in [0.15, 0.2) is 36.4 Å². The van der Waals surface area contributed by atoms with E-state index in [1.165, 1.54) is 21.0 Å². The van der Waals surface area contributed by atoms with E-state index in [4.69, 9.17) is 9.47 Å². The maximum Gasteiger partial charge on any atom is 0.221 e. The average Bonchev–Trinajstić information content (AvgIpc) is 2.55.